The molecule has 0 saturated carbocycles. The van der Waals surface area contributed by atoms with Crippen LogP contribution in [0.1, 0.15) is 22.8 Å². The van der Waals surface area contributed by atoms with Gasteiger partial charge in [0, 0.05) is 31.7 Å². The lowest BCUT2D eigenvalue weighted by atomic mass is 10.0. The monoisotopic (exact) mass is 244 g/mol. The molecular weight excluding hydrogens is 224 g/mol. The Bertz CT molecular complexity index is 428. The van der Waals surface area contributed by atoms with Crippen LogP contribution in [0.2, 0.25) is 0 Å². The summed E-state index contributed by atoms with van der Waals surface area (Å²) in [6.45, 7) is 6.12. The predicted molar refractivity (Wildman–Crippen MR) is 71.6 cm³/mol. The van der Waals surface area contributed by atoms with E-state index in [2.05, 4.69) is 24.4 Å². The molecule has 2 heterocycles. The van der Waals surface area contributed by atoms with Crippen LogP contribution in [0.15, 0.2) is 24.3 Å². The van der Waals surface area contributed by atoms with E-state index in [1.807, 2.05) is 17.0 Å². The Labute approximate surface area is 108 Å². The highest BCUT2D eigenvalue weighted by atomic mass is 16.2. The maximum Gasteiger partial charge on any atom is 0.253 e. The molecule has 2 atom stereocenters. The lowest BCUT2D eigenvalue weighted by Gasteiger charge is -2.17. The first kappa shape index (κ1) is 11.7. The van der Waals surface area contributed by atoms with E-state index in [0.717, 1.165) is 38.2 Å². The van der Waals surface area contributed by atoms with Gasteiger partial charge in [-0.3, -0.25) is 4.79 Å². The second-order valence-corrected chi connectivity index (χ2v) is 5.44. The number of hydrogen-bond acceptors (Lipinski definition) is 2. The van der Waals surface area contributed by atoms with Gasteiger partial charge in [-0.1, -0.05) is 19.1 Å². The first-order valence-electron chi connectivity index (χ1n) is 6.87. The number of nitrogens with one attached hydrogen (secondary N) is 1. The Morgan fingerprint density at radius 3 is 2.39 bits per heavy atom. The van der Waals surface area contributed by atoms with Crippen LogP contribution in [-0.4, -0.2) is 37.0 Å². The molecule has 1 aromatic carbocycles. The average Bonchev–Trinajstić information content (AvgIpc) is 2.99. The Morgan fingerprint density at radius 1 is 1.22 bits per heavy atom. The number of carbonyl (C=O) groups is 1. The van der Waals surface area contributed by atoms with Crippen LogP contribution in [0.3, 0.4) is 0 Å². The Hall–Kier alpha value is -1.35. The minimum absolute atomic E-state index is 0.201. The Kier molecular flexibility index (Phi) is 3.08. The molecule has 3 nitrogen and oxygen atoms in total. The van der Waals surface area contributed by atoms with Gasteiger partial charge in [-0.25, -0.2) is 0 Å². The van der Waals surface area contributed by atoms with Crippen molar-refractivity contribution in [3.63, 3.8) is 0 Å². The highest BCUT2D eigenvalue weighted by Crippen LogP contribution is 2.27. The zero-order valence-corrected chi connectivity index (χ0v) is 10.9. The van der Waals surface area contributed by atoms with E-state index < -0.39 is 0 Å². The van der Waals surface area contributed by atoms with Gasteiger partial charge in [-0.2, -0.15) is 0 Å². The number of rotatable bonds is 2. The van der Waals surface area contributed by atoms with Crippen molar-refractivity contribution < 1.29 is 4.79 Å². The fourth-order valence-corrected chi connectivity index (χ4v) is 3.09. The molecule has 1 N–H and O–H groups in total. The van der Waals surface area contributed by atoms with E-state index in [1.165, 1.54) is 5.56 Å². The summed E-state index contributed by atoms with van der Waals surface area (Å²) in [5.74, 6) is 1.54. The predicted octanol–water partition coefficient (Wildman–Crippen LogP) is 1.54. The standard InChI is InChI=1S/C15H20N2O/c1-2-11-3-5-12(6-4-11)15(18)17-9-13-7-16-8-14(13)10-17/h3-6,13-14,16H,2,7-10H2,1H3/t13-,14+. The Balaban J connectivity index is 1.70. The number of likely N-dealkylation sites (tertiary alicyclic amines) is 1. The van der Waals surface area contributed by atoms with Crippen molar-refractivity contribution in [2.45, 2.75) is 13.3 Å². The molecule has 96 valence electrons. The summed E-state index contributed by atoms with van der Waals surface area (Å²) in [5.41, 5.74) is 2.12. The molecule has 1 aromatic rings. The topological polar surface area (TPSA) is 32.3 Å². The number of aryl methyl sites for hydroxylation is 1. The van der Waals surface area contributed by atoms with E-state index in [4.69, 9.17) is 0 Å². The van der Waals surface area contributed by atoms with Crippen molar-refractivity contribution in [2.75, 3.05) is 26.2 Å². The van der Waals surface area contributed by atoms with Crippen LogP contribution >= 0.6 is 0 Å². The van der Waals surface area contributed by atoms with Crippen LogP contribution in [-0.2, 0) is 6.42 Å². The molecule has 2 saturated heterocycles. The molecule has 0 radical (unpaired) electrons. The molecule has 0 aromatic heterocycles. The van der Waals surface area contributed by atoms with Crippen molar-refractivity contribution in [3.05, 3.63) is 35.4 Å². The molecule has 3 rings (SSSR count). The van der Waals surface area contributed by atoms with E-state index >= 15 is 0 Å². The molecule has 0 aliphatic carbocycles. The molecule has 0 bridgehead atoms. The maximum atomic E-state index is 12.4. The summed E-state index contributed by atoms with van der Waals surface area (Å²) in [7, 11) is 0. The molecular formula is C15H20N2O. The molecule has 0 unspecified atom stereocenters. The van der Waals surface area contributed by atoms with Gasteiger partial charge in [-0.15, -0.1) is 0 Å². The molecule has 2 aliphatic heterocycles. The summed E-state index contributed by atoms with van der Waals surface area (Å²) in [4.78, 5) is 14.4. The van der Waals surface area contributed by atoms with Gasteiger partial charge in [0.05, 0.1) is 0 Å². The van der Waals surface area contributed by atoms with Gasteiger partial charge >= 0.3 is 0 Å². The second-order valence-electron chi connectivity index (χ2n) is 5.44. The number of benzene rings is 1. The zero-order chi connectivity index (χ0) is 12.5. The first-order valence-corrected chi connectivity index (χ1v) is 6.87. The lowest BCUT2D eigenvalue weighted by Crippen LogP contribution is -2.31. The molecule has 2 fully saturated rings. The highest BCUT2D eigenvalue weighted by molar-refractivity contribution is 5.94. The van der Waals surface area contributed by atoms with Gasteiger partial charge < -0.3 is 10.2 Å². The second kappa shape index (κ2) is 4.73. The first-order chi connectivity index (χ1) is 8.78. The van der Waals surface area contributed by atoms with Gasteiger partial charge in [0.15, 0.2) is 0 Å². The summed E-state index contributed by atoms with van der Waals surface area (Å²) < 4.78 is 0. The zero-order valence-electron chi connectivity index (χ0n) is 10.9. The summed E-state index contributed by atoms with van der Waals surface area (Å²) in [6.07, 6.45) is 1.02. The van der Waals surface area contributed by atoms with Crippen molar-refractivity contribution in [2.24, 2.45) is 11.8 Å². The van der Waals surface area contributed by atoms with Gasteiger partial charge in [0.2, 0.25) is 0 Å². The van der Waals surface area contributed by atoms with E-state index in [0.29, 0.717) is 11.8 Å². The van der Waals surface area contributed by atoms with Crippen LogP contribution in [0.25, 0.3) is 0 Å². The van der Waals surface area contributed by atoms with Gasteiger partial charge in [0.1, 0.15) is 0 Å². The fourth-order valence-electron chi connectivity index (χ4n) is 3.09. The molecule has 18 heavy (non-hydrogen) atoms. The summed E-state index contributed by atoms with van der Waals surface area (Å²) >= 11 is 0. The van der Waals surface area contributed by atoms with Gasteiger partial charge in [0.25, 0.3) is 5.91 Å². The van der Waals surface area contributed by atoms with Crippen molar-refractivity contribution in [1.82, 2.24) is 10.2 Å². The number of fused-ring (bicyclic) bond motifs is 1. The molecule has 1 amide bonds. The fraction of sp³-hybridized carbons (Fsp3) is 0.533. The average molecular weight is 244 g/mol. The van der Waals surface area contributed by atoms with E-state index in [1.54, 1.807) is 0 Å². The van der Waals surface area contributed by atoms with Gasteiger partial charge in [-0.05, 0) is 36.0 Å². The SMILES string of the molecule is CCc1ccc(C(=O)N2C[C@H]3CNC[C@H]3C2)cc1. The van der Waals surface area contributed by atoms with Crippen molar-refractivity contribution in [1.29, 1.82) is 0 Å². The number of nitrogens with zero attached hydrogens (tertiary/aromatic N) is 1. The quantitative estimate of drug-likeness (QED) is 0.856. The molecule has 2 aliphatic rings. The van der Waals surface area contributed by atoms with E-state index in [9.17, 15) is 4.79 Å². The third-order valence-corrected chi connectivity index (χ3v) is 4.29. The third kappa shape index (κ3) is 2.03. The van der Waals surface area contributed by atoms with Crippen LogP contribution in [0.4, 0.5) is 0 Å². The van der Waals surface area contributed by atoms with Crippen molar-refractivity contribution in [3.8, 4) is 0 Å². The van der Waals surface area contributed by atoms with Crippen LogP contribution in [0.5, 0.6) is 0 Å². The normalized spacial score (nSPS) is 26.4. The number of carbonyl (C=O) groups excluding carboxylic acids is 1. The molecule has 3 heteroatoms. The highest BCUT2D eigenvalue weighted by Gasteiger charge is 2.38. The third-order valence-electron chi connectivity index (χ3n) is 4.29. The lowest BCUT2D eigenvalue weighted by molar-refractivity contribution is 0.0781. The van der Waals surface area contributed by atoms with E-state index in [-0.39, 0.29) is 5.91 Å². The van der Waals surface area contributed by atoms with Crippen LogP contribution in [0, 0.1) is 11.8 Å². The maximum absolute atomic E-state index is 12.4. The number of hydrogen-bond donors (Lipinski definition) is 1. The van der Waals surface area contributed by atoms with Crippen molar-refractivity contribution >= 4 is 5.91 Å². The largest absolute Gasteiger partial charge is 0.338 e. The minimum Gasteiger partial charge on any atom is -0.338 e. The Morgan fingerprint density at radius 2 is 1.83 bits per heavy atom. The number of amides is 1. The molecule has 0 spiro atoms. The van der Waals surface area contributed by atoms with Crippen LogP contribution < -0.4 is 5.32 Å². The smallest absolute Gasteiger partial charge is 0.253 e. The summed E-state index contributed by atoms with van der Waals surface area (Å²) in [5, 5.41) is 3.40. The summed E-state index contributed by atoms with van der Waals surface area (Å²) in [6, 6.07) is 8.05. The minimum atomic E-state index is 0.201.